The predicted octanol–water partition coefficient (Wildman–Crippen LogP) is 4.14. The molecule has 0 spiro atoms. The smallest absolute Gasteiger partial charge is 0.162 e. The highest BCUT2D eigenvalue weighted by atomic mass is 16.5. The molecule has 2 heteroatoms. The Balaban J connectivity index is 2.22. The van der Waals surface area contributed by atoms with E-state index in [-0.39, 0.29) is 0 Å². The van der Waals surface area contributed by atoms with Gasteiger partial charge >= 0.3 is 0 Å². The van der Waals surface area contributed by atoms with E-state index in [1.807, 2.05) is 0 Å². The fraction of sp³-hybridized carbons (Fsp3) is 1.00. The topological polar surface area (TPSA) is 40.5 Å². The van der Waals surface area contributed by atoms with E-state index in [0.29, 0.717) is 12.8 Å². The van der Waals surface area contributed by atoms with Crippen molar-refractivity contribution in [3.05, 3.63) is 0 Å². The van der Waals surface area contributed by atoms with Crippen LogP contribution in [-0.4, -0.2) is 16.0 Å². The Morgan fingerprint density at radius 1 is 0.412 bits per heavy atom. The molecule has 0 aliphatic heterocycles. The Kier molecular flexibility index (Phi) is 7.87. The van der Waals surface area contributed by atoms with Gasteiger partial charge in [0.25, 0.3) is 0 Å². The van der Waals surface area contributed by atoms with Crippen LogP contribution in [0, 0.1) is 0 Å². The molecule has 0 radical (unpaired) electrons. The fourth-order valence-corrected chi connectivity index (χ4v) is 2.71. The molecule has 0 bridgehead atoms. The van der Waals surface area contributed by atoms with Gasteiger partial charge in [-0.15, -0.1) is 0 Å². The van der Waals surface area contributed by atoms with E-state index in [0.717, 1.165) is 25.7 Å². The molecule has 0 aromatic heterocycles. The number of aliphatic hydroxyl groups is 2. The second kappa shape index (κ2) is 8.93. The summed E-state index contributed by atoms with van der Waals surface area (Å²) in [5.74, 6) is -1.39. The van der Waals surface area contributed by atoms with Gasteiger partial charge in [0, 0.05) is 12.8 Å². The molecule has 0 aromatic rings. The first-order valence-electron chi connectivity index (χ1n) is 7.65. The normalized spacial score (nSPS) is 25.8. The lowest BCUT2D eigenvalue weighted by molar-refractivity contribution is -0.172. The number of hydrogen-bond acceptors (Lipinski definition) is 2. The third kappa shape index (κ3) is 8.62. The van der Waals surface area contributed by atoms with Gasteiger partial charge in [-0.25, -0.2) is 0 Å². The maximum absolute atomic E-state index is 9.80. The van der Waals surface area contributed by atoms with Crippen LogP contribution in [0.2, 0.25) is 0 Å². The summed E-state index contributed by atoms with van der Waals surface area (Å²) in [6.45, 7) is 0. The zero-order valence-corrected chi connectivity index (χ0v) is 11.3. The predicted molar refractivity (Wildman–Crippen MR) is 71.8 cm³/mol. The molecule has 0 unspecified atom stereocenters. The highest BCUT2D eigenvalue weighted by Crippen LogP contribution is 2.21. The van der Waals surface area contributed by atoms with Crippen LogP contribution in [0.15, 0.2) is 0 Å². The van der Waals surface area contributed by atoms with Gasteiger partial charge in [-0.05, 0) is 12.8 Å². The Labute approximate surface area is 106 Å². The number of hydrogen-bond donors (Lipinski definition) is 2. The van der Waals surface area contributed by atoms with E-state index in [1.54, 1.807) is 0 Å². The molecular formula is C15H30O2. The zero-order valence-electron chi connectivity index (χ0n) is 11.3. The standard InChI is InChI=1S/C15H30O2/c16-15(17)13-11-9-7-5-3-1-2-4-6-8-10-12-14-15/h16-17H,1-14H2. The van der Waals surface area contributed by atoms with Crippen LogP contribution in [0.5, 0.6) is 0 Å². The van der Waals surface area contributed by atoms with E-state index in [2.05, 4.69) is 0 Å². The molecular weight excluding hydrogens is 212 g/mol. The van der Waals surface area contributed by atoms with Gasteiger partial charge in [0.05, 0.1) is 0 Å². The summed E-state index contributed by atoms with van der Waals surface area (Å²) in [5.41, 5.74) is 0. The summed E-state index contributed by atoms with van der Waals surface area (Å²) < 4.78 is 0. The SMILES string of the molecule is OC1(O)CCCCCCCCCCCCCC1. The van der Waals surface area contributed by atoms with E-state index in [4.69, 9.17) is 0 Å². The monoisotopic (exact) mass is 242 g/mol. The lowest BCUT2D eigenvalue weighted by Crippen LogP contribution is -2.27. The van der Waals surface area contributed by atoms with Crippen molar-refractivity contribution in [1.82, 2.24) is 0 Å². The summed E-state index contributed by atoms with van der Waals surface area (Å²) in [7, 11) is 0. The second-order valence-corrected chi connectivity index (χ2v) is 5.73. The third-order valence-corrected chi connectivity index (χ3v) is 3.90. The first-order valence-corrected chi connectivity index (χ1v) is 7.65. The molecule has 1 fully saturated rings. The molecule has 1 saturated carbocycles. The molecule has 2 N–H and O–H groups in total. The number of rotatable bonds is 0. The van der Waals surface area contributed by atoms with E-state index in [9.17, 15) is 10.2 Å². The van der Waals surface area contributed by atoms with Crippen LogP contribution in [-0.2, 0) is 0 Å². The van der Waals surface area contributed by atoms with Crippen LogP contribution in [0.25, 0.3) is 0 Å². The van der Waals surface area contributed by atoms with E-state index >= 15 is 0 Å². The highest BCUT2D eigenvalue weighted by molar-refractivity contribution is 4.65. The summed E-state index contributed by atoms with van der Waals surface area (Å²) in [6, 6.07) is 0. The fourth-order valence-electron chi connectivity index (χ4n) is 2.71. The lowest BCUT2D eigenvalue weighted by Gasteiger charge is -2.21. The summed E-state index contributed by atoms with van der Waals surface area (Å²) >= 11 is 0. The maximum Gasteiger partial charge on any atom is 0.162 e. The van der Waals surface area contributed by atoms with Gasteiger partial charge in [0.2, 0.25) is 0 Å². The van der Waals surface area contributed by atoms with Gasteiger partial charge in [-0.2, -0.15) is 0 Å². The first-order chi connectivity index (χ1) is 8.21. The molecule has 2 nitrogen and oxygen atoms in total. The molecule has 0 heterocycles. The minimum absolute atomic E-state index is 0.562. The summed E-state index contributed by atoms with van der Waals surface area (Å²) in [5, 5.41) is 19.6. The van der Waals surface area contributed by atoms with Crippen molar-refractivity contribution < 1.29 is 10.2 Å². The average molecular weight is 242 g/mol. The van der Waals surface area contributed by atoms with Crippen LogP contribution in [0.4, 0.5) is 0 Å². The molecule has 0 atom stereocenters. The lowest BCUT2D eigenvalue weighted by atomic mass is 10.00. The van der Waals surface area contributed by atoms with Crippen molar-refractivity contribution in [2.45, 2.75) is 95.7 Å². The highest BCUT2D eigenvalue weighted by Gasteiger charge is 2.21. The van der Waals surface area contributed by atoms with Crippen LogP contribution < -0.4 is 0 Å². The van der Waals surface area contributed by atoms with Gasteiger partial charge < -0.3 is 10.2 Å². The molecule has 0 saturated heterocycles. The molecule has 102 valence electrons. The Bertz CT molecular complexity index is 160. The average Bonchev–Trinajstić information content (AvgIpc) is 2.29. The Morgan fingerprint density at radius 2 is 0.647 bits per heavy atom. The molecule has 17 heavy (non-hydrogen) atoms. The van der Waals surface area contributed by atoms with Gasteiger partial charge in [-0.3, -0.25) is 0 Å². The Hall–Kier alpha value is -0.0800. The summed E-state index contributed by atoms with van der Waals surface area (Å²) in [4.78, 5) is 0. The first kappa shape index (κ1) is 15.0. The molecule has 0 amide bonds. The van der Waals surface area contributed by atoms with Gasteiger partial charge in [-0.1, -0.05) is 64.2 Å². The van der Waals surface area contributed by atoms with Crippen molar-refractivity contribution in [1.29, 1.82) is 0 Å². The second-order valence-electron chi connectivity index (χ2n) is 5.73. The molecule has 0 aromatic carbocycles. The maximum atomic E-state index is 9.80. The zero-order chi connectivity index (χ0) is 12.4. The van der Waals surface area contributed by atoms with Crippen molar-refractivity contribution in [2.24, 2.45) is 0 Å². The largest absolute Gasteiger partial charge is 0.366 e. The van der Waals surface area contributed by atoms with Crippen molar-refractivity contribution >= 4 is 0 Å². The van der Waals surface area contributed by atoms with Crippen LogP contribution in [0.1, 0.15) is 89.9 Å². The van der Waals surface area contributed by atoms with Crippen molar-refractivity contribution in [3.8, 4) is 0 Å². The van der Waals surface area contributed by atoms with Gasteiger partial charge in [0.1, 0.15) is 0 Å². The molecule has 1 aliphatic rings. The molecule has 1 aliphatic carbocycles. The molecule has 1 rings (SSSR count). The van der Waals surface area contributed by atoms with Crippen molar-refractivity contribution in [2.75, 3.05) is 0 Å². The quantitative estimate of drug-likeness (QED) is 0.627. The third-order valence-electron chi connectivity index (χ3n) is 3.90. The minimum Gasteiger partial charge on any atom is -0.366 e. The van der Waals surface area contributed by atoms with E-state index in [1.165, 1.54) is 51.4 Å². The van der Waals surface area contributed by atoms with Crippen molar-refractivity contribution in [3.63, 3.8) is 0 Å². The Morgan fingerprint density at radius 3 is 0.941 bits per heavy atom. The van der Waals surface area contributed by atoms with Gasteiger partial charge in [0.15, 0.2) is 5.79 Å². The minimum atomic E-state index is -1.39. The van der Waals surface area contributed by atoms with Crippen LogP contribution >= 0.6 is 0 Å². The van der Waals surface area contributed by atoms with Crippen LogP contribution in [0.3, 0.4) is 0 Å². The summed E-state index contributed by atoms with van der Waals surface area (Å²) in [6.07, 6.45) is 16.0. The van der Waals surface area contributed by atoms with E-state index < -0.39 is 5.79 Å².